The van der Waals surface area contributed by atoms with Crippen molar-refractivity contribution in [1.82, 2.24) is 0 Å². The molecule has 1 aliphatic rings. The molecule has 20 heavy (non-hydrogen) atoms. The number of aliphatic carboxylic acids is 1. The monoisotopic (exact) mass is 313 g/mol. The zero-order chi connectivity index (χ0) is 14.8. The van der Waals surface area contributed by atoms with E-state index in [1.54, 1.807) is 0 Å². The van der Waals surface area contributed by atoms with Crippen molar-refractivity contribution in [2.75, 3.05) is 23.0 Å². The van der Waals surface area contributed by atoms with Crippen molar-refractivity contribution in [2.45, 2.75) is 26.3 Å². The van der Waals surface area contributed by atoms with Gasteiger partial charge >= 0.3 is 5.97 Å². The van der Waals surface area contributed by atoms with Crippen LogP contribution >= 0.6 is 23.4 Å². The molecule has 1 saturated heterocycles. The molecular formula is C15H20ClNO2S. The van der Waals surface area contributed by atoms with E-state index in [9.17, 15) is 9.90 Å². The Morgan fingerprint density at radius 2 is 2.10 bits per heavy atom. The van der Waals surface area contributed by atoms with Gasteiger partial charge in [0.15, 0.2) is 0 Å². The summed E-state index contributed by atoms with van der Waals surface area (Å²) >= 11 is 7.82. The molecule has 1 aromatic rings. The van der Waals surface area contributed by atoms with Crippen molar-refractivity contribution in [3.05, 3.63) is 29.3 Å². The lowest BCUT2D eigenvalue weighted by atomic mass is 9.87. The van der Waals surface area contributed by atoms with E-state index in [4.69, 9.17) is 11.6 Å². The third kappa shape index (κ3) is 4.06. The topological polar surface area (TPSA) is 40.5 Å². The van der Waals surface area contributed by atoms with Crippen molar-refractivity contribution in [1.29, 1.82) is 0 Å². The Morgan fingerprint density at radius 3 is 2.65 bits per heavy atom. The fraction of sp³-hybridized carbons (Fsp3) is 0.533. The zero-order valence-electron chi connectivity index (χ0n) is 11.8. The highest BCUT2D eigenvalue weighted by Gasteiger charge is 2.32. The van der Waals surface area contributed by atoms with Gasteiger partial charge in [-0.05, 0) is 41.9 Å². The van der Waals surface area contributed by atoms with Gasteiger partial charge < -0.3 is 10.0 Å². The molecule has 1 fully saturated rings. The first-order valence-corrected chi connectivity index (χ1v) is 8.22. The smallest absolute Gasteiger partial charge is 0.323 e. The molecule has 1 aromatic carbocycles. The van der Waals surface area contributed by atoms with Gasteiger partial charge in [0.25, 0.3) is 0 Å². The number of carboxylic acids is 1. The first-order valence-electron chi connectivity index (χ1n) is 6.69. The minimum atomic E-state index is -0.798. The highest BCUT2D eigenvalue weighted by Crippen LogP contribution is 2.37. The highest BCUT2D eigenvalue weighted by atomic mass is 35.5. The van der Waals surface area contributed by atoms with Crippen molar-refractivity contribution in [2.24, 2.45) is 5.41 Å². The molecular weight excluding hydrogens is 294 g/mol. The molecule has 0 bridgehead atoms. The van der Waals surface area contributed by atoms with Crippen molar-refractivity contribution >= 4 is 35.0 Å². The lowest BCUT2D eigenvalue weighted by Crippen LogP contribution is -2.46. The van der Waals surface area contributed by atoms with Crippen LogP contribution in [-0.4, -0.2) is 35.2 Å². The summed E-state index contributed by atoms with van der Waals surface area (Å²) in [5, 5.41) is 9.85. The van der Waals surface area contributed by atoms with E-state index in [1.165, 1.54) is 0 Å². The second kappa shape index (κ2) is 6.27. The fourth-order valence-electron chi connectivity index (χ4n) is 2.64. The van der Waals surface area contributed by atoms with Gasteiger partial charge in [-0.1, -0.05) is 25.4 Å². The van der Waals surface area contributed by atoms with Gasteiger partial charge in [-0.2, -0.15) is 11.8 Å². The second-order valence-electron chi connectivity index (χ2n) is 6.04. The maximum absolute atomic E-state index is 11.2. The molecule has 0 amide bonds. The summed E-state index contributed by atoms with van der Waals surface area (Å²) in [7, 11) is 0. The standard InChI is InChI=1S/C15H20ClNO2S/c1-15(2)7-13(9-20-10-15)17(8-14(18)19)12-5-3-11(16)4-6-12/h3-6,13H,7-10H2,1-2H3,(H,18,19). The summed E-state index contributed by atoms with van der Waals surface area (Å²) in [5.41, 5.74) is 1.18. The number of carboxylic acid groups (broad SMARTS) is 1. The number of hydrogen-bond donors (Lipinski definition) is 1. The lowest BCUT2D eigenvalue weighted by molar-refractivity contribution is -0.135. The summed E-state index contributed by atoms with van der Waals surface area (Å²) in [6.45, 7) is 4.52. The summed E-state index contributed by atoms with van der Waals surface area (Å²) in [4.78, 5) is 13.2. The molecule has 1 heterocycles. The SMILES string of the molecule is CC1(C)CSCC(N(CC(=O)O)c2ccc(Cl)cc2)C1. The Morgan fingerprint density at radius 1 is 1.45 bits per heavy atom. The average Bonchev–Trinajstić information content (AvgIpc) is 2.36. The summed E-state index contributed by atoms with van der Waals surface area (Å²) < 4.78 is 0. The number of halogens is 1. The van der Waals surface area contributed by atoms with Crippen molar-refractivity contribution < 1.29 is 9.90 Å². The van der Waals surface area contributed by atoms with E-state index in [1.807, 2.05) is 40.9 Å². The number of nitrogens with zero attached hydrogens (tertiary/aromatic N) is 1. The van der Waals surface area contributed by atoms with Crippen LogP contribution in [-0.2, 0) is 4.79 Å². The van der Waals surface area contributed by atoms with Crippen LogP contribution in [0.3, 0.4) is 0 Å². The molecule has 5 heteroatoms. The third-order valence-corrected chi connectivity index (χ3v) is 5.35. The van der Waals surface area contributed by atoms with Crippen LogP contribution in [0.4, 0.5) is 5.69 Å². The van der Waals surface area contributed by atoms with Gasteiger partial charge in [-0.3, -0.25) is 4.79 Å². The normalized spacial score (nSPS) is 21.4. The molecule has 0 aromatic heterocycles. The second-order valence-corrected chi connectivity index (χ2v) is 7.50. The van der Waals surface area contributed by atoms with E-state index >= 15 is 0 Å². The number of rotatable bonds is 4. The molecule has 1 N–H and O–H groups in total. The Labute approximate surface area is 129 Å². The summed E-state index contributed by atoms with van der Waals surface area (Å²) in [6.07, 6.45) is 1.01. The quantitative estimate of drug-likeness (QED) is 0.918. The minimum absolute atomic E-state index is 0.0307. The van der Waals surface area contributed by atoms with Gasteiger partial charge in [0.2, 0.25) is 0 Å². The van der Waals surface area contributed by atoms with Gasteiger partial charge in [0.1, 0.15) is 6.54 Å². The predicted octanol–water partition coefficient (Wildman–Crippen LogP) is 3.76. The van der Waals surface area contributed by atoms with Gasteiger partial charge in [0, 0.05) is 22.5 Å². The van der Waals surface area contributed by atoms with Crippen LogP contribution < -0.4 is 4.90 Å². The number of thioether (sulfide) groups is 1. The third-order valence-electron chi connectivity index (χ3n) is 3.50. The molecule has 0 spiro atoms. The molecule has 110 valence electrons. The van der Waals surface area contributed by atoms with Crippen LogP contribution in [0.25, 0.3) is 0 Å². The van der Waals surface area contributed by atoms with Crippen molar-refractivity contribution in [3.8, 4) is 0 Å². The van der Waals surface area contributed by atoms with Gasteiger partial charge in [-0.25, -0.2) is 0 Å². The molecule has 0 aliphatic carbocycles. The molecule has 0 radical (unpaired) electrons. The Hall–Kier alpha value is -0.870. The molecule has 1 atom stereocenters. The molecule has 0 saturated carbocycles. The highest BCUT2D eigenvalue weighted by molar-refractivity contribution is 7.99. The average molecular weight is 314 g/mol. The maximum atomic E-state index is 11.2. The first-order chi connectivity index (χ1) is 9.37. The summed E-state index contributed by atoms with van der Waals surface area (Å²) in [5.74, 6) is 1.30. The van der Waals surface area contributed by atoms with Crippen LogP contribution in [0.5, 0.6) is 0 Å². The fourth-order valence-corrected chi connectivity index (χ4v) is 4.12. The van der Waals surface area contributed by atoms with E-state index in [0.29, 0.717) is 5.02 Å². The van der Waals surface area contributed by atoms with E-state index in [-0.39, 0.29) is 18.0 Å². The van der Waals surface area contributed by atoms with Crippen LogP contribution in [0.1, 0.15) is 20.3 Å². The number of anilines is 1. The van der Waals surface area contributed by atoms with Crippen LogP contribution in [0.15, 0.2) is 24.3 Å². The predicted molar refractivity (Wildman–Crippen MR) is 85.9 cm³/mol. The number of benzene rings is 1. The molecule has 3 nitrogen and oxygen atoms in total. The summed E-state index contributed by atoms with van der Waals surface area (Å²) in [6, 6.07) is 7.68. The zero-order valence-corrected chi connectivity index (χ0v) is 13.4. The van der Waals surface area contributed by atoms with E-state index in [2.05, 4.69) is 13.8 Å². The van der Waals surface area contributed by atoms with Crippen molar-refractivity contribution in [3.63, 3.8) is 0 Å². The Bertz CT molecular complexity index is 475. The minimum Gasteiger partial charge on any atom is -0.480 e. The Balaban J connectivity index is 2.23. The van der Waals surface area contributed by atoms with E-state index in [0.717, 1.165) is 23.6 Å². The van der Waals surface area contributed by atoms with Gasteiger partial charge in [0.05, 0.1) is 0 Å². The number of hydrogen-bond acceptors (Lipinski definition) is 3. The van der Waals surface area contributed by atoms with E-state index < -0.39 is 5.97 Å². The van der Waals surface area contributed by atoms with Gasteiger partial charge in [-0.15, -0.1) is 0 Å². The molecule has 1 aliphatic heterocycles. The number of carbonyl (C=O) groups is 1. The molecule has 2 rings (SSSR count). The largest absolute Gasteiger partial charge is 0.480 e. The van der Waals surface area contributed by atoms with Crippen LogP contribution in [0, 0.1) is 5.41 Å². The van der Waals surface area contributed by atoms with Crippen LogP contribution in [0.2, 0.25) is 5.02 Å². The lowest BCUT2D eigenvalue weighted by Gasteiger charge is -2.41. The maximum Gasteiger partial charge on any atom is 0.323 e. The molecule has 1 unspecified atom stereocenters. The first kappa shape index (κ1) is 15.5. The Kier molecular flexibility index (Phi) is 4.86.